The number of hydrogen-bond acceptors (Lipinski definition) is 3. The second kappa shape index (κ2) is 7.73. The van der Waals surface area contributed by atoms with Crippen LogP contribution in [-0.4, -0.2) is 30.0 Å². The fourth-order valence-corrected chi connectivity index (χ4v) is 3.15. The fraction of sp³-hybridized carbons (Fsp3) is 0.300. The van der Waals surface area contributed by atoms with E-state index in [4.69, 9.17) is 0 Å². The van der Waals surface area contributed by atoms with Crippen molar-refractivity contribution in [3.63, 3.8) is 0 Å². The number of amides is 3. The van der Waals surface area contributed by atoms with Crippen LogP contribution in [0.15, 0.2) is 54.6 Å². The van der Waals surface area contributed by atoms with Gasteiger partial charge in [0.1, 0.15) is 11.3 Å². The van der Waals surface area contributed by atoms with Crippen LogP contribution in [0.1, 0.15) is 24.5 Å². The molecule has 1 atom stereocenters. The van der Waals surface area contributed by atoms with Gasteiger partial charge in [0.05, 0.1) is 0 Å². The maximum Gasteiger partial charge on any atom is 0.387 e. The molecule has 1 unspecified atom stereocenters. The van der Waals surface area contributed by atoms with Crippen molar-refractivity contribution >= 4 is 11.9 Å². The molecule has 2 aromatic carbocycles. The van der Waals surface area contributed by atoms with E-state index in [-0.39, 0.29) is 11.7 Å². The van der Waals surface area contributed by atoms with Crippen LogP contribution in [0.3, 0.4) is 0 Å². The van der Waals surface area contributed by atoms with E-state index in [9.17, 15) is 18.4 Å². The molecule has 1 N–H and O–H groups in total. The molecule has 0 aliphatic carbocycles. The molecule has 5 nitrogen and oxygen atoms in total. The van der Waals surface area contributed by atoms with Crippen molar-refractivity contribution in [3.8, 4) is 5.75 Å². The minimum atomic E-state index is -2.92. The third-order valence-corrected chi connectivity index (χ3v) is 4.62. The van der Waals surface area contributed by atoms with Crippen LogP contribution in [-0.2, 0) is 16.8 Å². The van der Waals surface area contributed by atoms with Crippen molar-refractivity contribution in [3.05, 3.63) is 65.7 Å². The highest BCUT2D eigenvalue weighted by molar-refractivity contribution is 6.07. The highest BCUT2D eigenvalue weighted by Crippen LogP contribution is 2.30. The lowest BCUT2D eigenvalue weighted by Gasteiger charge is -2.22. The summed E-state index contributed by atoms with van der Waals surface area (Å²) in [6, 6.07) is 15.1. The molecule has 0 spiro atoms. The number of carbonyl (C=O) groups excluding carboxylic acids is 2. The summed E-state index contributed by atoms with van der Waals surface area (Å²) in [5, 5.41) is 2.70. The fourth-order valence-electron chi connectivity index (χ4n) is 3.15. The van der Waals surface area contributed by atoms with Crippen molar-refractivity contribution in [1.29, 1.82) is 0 Å². The van der Waals surface area contributed by atoms with Crippen LogP contribution < -0.4 is 10.1 Å². The van der Waals surface area contributed by atoms with Gasteiger partial charge in [-0.15, -0.1) is 0 Å². The summed E-state index contributed by atoms with van der Waals surface area (Å²) < 4.78 is 28.8. The first-order valence-electron chi connectivity index (χ1n) is 8.63. The quantitative estimate of drug-likeness (QED) is 0.752. The number of alkyl halides is 2. The van der Waals surface area contributed by atoms with Crippen molar-refractivity contribution in [2.75, 3.05) is 6.54 Å². The highest BCUT2D eigenvalue weighted by Gasteiger charge is 2.48. The van der Waals surface area contributed by atoms with Crippen LogP contribution in [0.2, 0.25) is 0 Å². The molecule has 1 saturated heterocycles. The van der Waals surface area contributed by atoms with Gasteiger partial charge in [0, 0.05) is 6.54 Å². The van der Waals surface area contributed by atoms with Crippen molar-refractivity contribution in [1.82, 2.24) is 10.2 Å². The molecule has 0 radical (unpaired) electrons. The number of rotatable bonds is 7. The largest absolute Gasteiger partial charge is 0.435 e. The summed E-state index contributed by atoms with van der Waals surface area (Å²) in [7, 11) is 0. The summed E-state index contributed by atoms with van der Waals surface area (Å²) in [6.45, 7) is -1.01. The van der Waals surface area contributed by atoms with E-state index in [0.29, 0.717) is 18.5 Å². The predicted molar refractivity (Wildman–Crippen MR) is 95.4 cm³/mol. The number of nitrogens with zero attached hydrogens (tertiary/aromatic N) is 1. The van der Waals surface area contributed by atoms with Gasteiger partial charge < -0.3 is 10.1 Å². The zero-order chi connectivity index (χ0) is 19.4. The number of ether oxygens (including phenoxy) is 1. The number of urea groups is 1. The third kappa shape index (κ3) is 4.07. The molecule has 7 heteroatoms. The van der Waals surface area contributed by atoms with E-state index in [1.54, 1.807) is 6.92 Å². The molecule has 1 aliphatic rings. The van der Waals surface area contributed by atoms with Gasteiger partial charge in [0.15, 0.2) is 0 Å². The summed E-state index contributed by atoms with van der Waals surface area (Å²) >= 11 is 0. The molecule has 0 bridgehead atoms. The molecule has 142 valence electrons. The molecule has 1 aliphatic heterocycles. The van der Waals surface area contributed by atoms with E-state index in [1.165, 1.54) is 29.2 Å². The van der Waals surface area contributed by atoms with Gasteiger partial charge in [-0.2, -0.15) is 8.78 Å². The Labute approximate surface area is 155 Å². The van der Waals surface area contributed by atoms with E-state index in [2.05, 4.69) is 10.1 Å². The Morgan fingerprint density at radius 1 is 1.07 bits per heavy atom. The summed E-state index contributed by atoms with van der Waals surface area (Å²) in [6.07, 6.45) is 1.41. The number of imide groups is 1. The zero-order valence-corrected chi connectivity index (χ0v) is 14.8. The molecular weight excluding hydrogens is 354 g/mol. The number of aryl methyl sites for hydroxylation is 1. The van der Waals surface area contributed by atoms with E-state index in [1.807, 2.05) is 30.3 Å². The van der Waals surface area contributed by atoms with Crippen LogP contribution in [0.4, 0.5) is 13.6 Å². The van der Waals surface area contributed by atoms with E-state index >= 15 is 0 Å². The first-order chi connectivity index (χ1) is 12.9. The maximum absolute atomic E-state index is 12.8. The molecule has 1 heterocycles. The van der Waals surface area contributed by atoms with Gasteiger partial charge in [0.2, 0.25) is 0 Å². The van der Waals surface area contributed by atoms with E-state index < -0.39 is 18.2 Å². The lowest BCUT2D eigenvalue weighted by molar-refractivity contribution is -0.131. The number of hydrogen-bond donors (Lipinski definition) is 1. The van der Waals surface area contributed by atoms with Gasteiger partial charge in [-0.3, -0.25) is 9.69 Å². The predicted octanol–water partition coefficient (Wildman–Crippen LogP) is 3.69. The van der Waals surface area contributed by atoms with Crippen molar-refractivity contribution < 1.29 is 23.1 Å². The number of benzene rings is 2. The smallest absolute Gasteiger partial charge is 0.387 e. The van der Waals surface area contributed by atoms with Gasteiger partial charge in [-0.05, 0) is 43.0 Å². The Hall–Kier alpha value is -2.96. The Morgan fingerprint density at radius 2 is 1.74 bits per heavy atom. The Bertz CT molecular complexity index is 812. The van der Waals surface area contributed by atoms with Crippen LogP contribution in [0, 0.1) is 0 Å². The Kier molecular flexibility index (Phi) is 5.39. The zero-order valence-electron chi connectivity index (χ0n) is 14.8. The minimum absolute atomic E-state index is 0.00570. The summed E-state index contributed by atoms with van der Waals surface area (Å²) in [4.78, 5) is 26.3. The van der Waals surface area contributed by atoms with Crippen LogP contribution >= 0.6 is 0 Å². The summed E-state index contributed by atoms with van der Waals surface area (Å²) in [5.41, 5.74) is 0.419. The van der Waals surface area contributed by atoms with Gasteiger partial charge in [-0.25, -0.2) is 4.79 Å². The third-order valence-electron chi connectivity index (χ3n) is 4.62. The summed E-state index contributed by atoms with van der Waals surface area (Å²) in [5.74, 6) is -0.364. The average Bonchev–Trinajstić information content (AvgIpc) is 2.86. The molecule has 0 aromatic heterocycles. The second-order valence-electron chi connectivity index (χ2n) is 6.50. The van der Waals surface area contributed by atoms with Gasteiger partial charge in [-0.1, -0.05) is 42.5 Å². The van der Waals surface area contributed by atoms with Crippen molar-refractivity contribution in [2.24, 2.45) is 0 Å². The first-order valence-corrected chi connectivity index (χ1v) is 8.63. The normalized spacial score (nSPS) is 19.5. The molecule has 2 aromatic rings. The second-order valence-corrected chi connectivity index (χ2v) is 6.50. The Morgan fingerprint density at radius 3 is 2.37 bits per heavy atom. The molecule has 27 heavy (non-hydrogen) atoms. The lowest BCUT2D eigenvalue weighted by Crippen LogP contribution is -2.41. The lowest BCUT2D eigenvalue weighted by atomic mass is 9.92. The van der Waals surface area contributed by atoms with Crippen LogP contribution in [0.25, 0.3) is 0 Å². The molecule has 0 saturated carbocycles. The standard InChI is InChI=1S/C20H20F2N2O3/c1-20(15-9-11-16(12-10-15)27-18(21)22)17(25)24(19(26)23-20)13-5-8-14-6-3-2-4-7-14/h2-4,6-7,9-12,18H,5,8,13H2,1H3,(H,23,26). The number of nitrogens with one attached hydrogen (secondary N) is 1. The van der Waals surface area contributed by atoms with Crippen molar-refractivity contribution in [2.45, 2.75) is 31.9 Å². The maximum atomic E-state index is 12.8. The highest BCUT2D eigenvalue weighted by atomic mass is 19.3. The number of halogens is 2. The van der Waals surface area contributed by atoms with Gasteiger partial charge in [0.25, 0.3) is 5.91 Å². The van der Waals surface area contributed by atoms with Gasteiger partial charge >= 0.3 is 12.6 Å². The van der Waals surface area contributed by atoms with Crippen LogP contribution in [0.5, 0.6) is 5.75 Å². The average molecular weight is 374 g/mol. The molecule has 3 amide bonds. The Balaban J connectivity index is 1.66. The number of carbonyl (C=O) groups is 2. The molecular formula is C20H20F2N2O3. The first kappa shape index (κ1) is 18.8. The monoisotopic (exact) mass is 374 g/mol. The molecule has 3 rings (SSSR count). The topological polar surface area (TPSA) is 58.6 Å². The minimum Gasteiger partial charge on any atom is -0.435 e. The van der Waals surface area contributed by atoms with E-state index in [0.717, 1.165) is 12.0 Å². The molecule has 1 fully saturated rings. The SMILES string of the molecule is CC1(c2ccc(OC(F)F)cc2)NC(=O)N(CCCc2ccccc2)C1=O.